The zero-order chi connectivity index (χ0) is 13.9. The van der Waals surface area contributed by atoms with Gasteiger partial charge in [-0.3, -0.25) is 0 Å². The lowest BCUT2D eigenvalue weighted by molar-refractivity contribution is 0.0733. The molecule has 1 saturated carbocycles. The van der Waals surface area contributed by atoms with Crippen molar-refractivity contribution in [2.24, 2.45) is 11.3 Å². The van der Waals surface area contributed by atoms with Crippen LogP contribution >= 0.6 is 0 Å². The molecule has 2 aliphatic rings. The van der Waals surface area contributed by atoms with Crippen LogP contribution in [0.15, 0.2) is 0 Å². The van der Waals surface area contributed by atoms with Crippen molar-refractivity contribution in [3.05, 3.63) is 0 Å². The molecule has 1 heterocycles. The van der Waals surface area contributed by atoms with Crippen LogP contribution in [0.1, 0.15) is 58.8 Å². The molecule has 0 amide bonds. The van der Waals surface area contributed by atoms with Crippen LogP contribution < -0.4 is 0 Å². The lowest BCUT2D eigenvalue weighted by atomic mass is 9.89. The smallest absolute Gasteiger partial charge is 0.0683 e. The minimum atomic E-state index is -0.192. The van der Waals surface area contributed by atoms with Crippen LogP contribution in [-0.2, 0) is 0 Å². The molecule has 1 aliphatic heterocycles. The van der Waals surface area contributed by atoms with Crippen LogP contribution in [0.5, 0.6) is 0 Å². The number of aliphatic hydroxyl groups is 1. The van der Waals surface area contributed by atoms with Crippen molar-refractivity contribution in [2.75, 3.05) is 13.1 Å². The highest BCUT2D eigenvalue weighted by atomic mass is 16.3. The first-order valence-electron chi connectivity index (χ1n) is 7.87. The highest BCUT2D eigenvalue weighted by Crippen LogP contribution is 2.36. The van der Waals surface area contributed by atoms with E-state index in [-0.39, 0.29) is 11.5 Å². The maximum Gasteiger partial charge on any atom is 0.0683 e. The summed E-state index contributed by atoms with van der Waals surface area (Å²) in [5, 5.41) is 19.1. The molecule has 0 bridgehead atoms. The molecule has 0 spiro atoms. The molecule has 0 aromatic rings. The Morgan fingerprint density at radius 3 is 2.68 bits per heavy atom. The summed E-state index contributed by atoms with van der Waals surface area (Å²) in [6.45, 7) is 6.32. The van der Waals surface area contributed by atoms with Gasteiger partial charge in [0, 0.05) is 12.0 Å². The van der Waals surface area contributed by atoms with Gasteiger partial charge in [0.1, 0.15) is 0 Å². The van der Waals surface area contributed by atoms with Crippen molar-refractivity contribution in [3.8, 4) is 6.07 Å². The third-order valence-corrected chi connectivity index (χ3v) is 4.99. The maximum absolute atomic E-state index is 10.1. The average Bonchev–Trinajstić information content (AvgIpc) is 2.97. The first-order valence-corrected chi connectivity index (χ1v) is 7.87. The molecule has 1 aliphatic carbocycles. The van der Waals surface area contributed by atoms with Gasteiger partial charge in [0.25, 0.3) is 0 Å². The topological polar surface area (TPSA) is 47.3 Å². The summed E-state index contributed by atoms with van der Waals surface area (Å²) in [6, 6.07) is 2.98. The number of likely N-dealkylation sites (tertiary alicyclic amines) is 1. The van der Waals surface area contributed by atoms with Crippen LogP contribution in [0.25, 0.3) is 0 Å². The Labute approximate surface area is 117 Å². The fourth-order valence-corrected chi connectivity index (χ4v) is 3.81. The number of rotatable bonds is 5. The fraction of sp³-hybridized carbons (Fsp3) is 0.938. The molecule has 3 heteroatoms. The first-order chi connectivity index (χ1) is 9.03. The van der Waals surface area contributed by atoms with E-state index < -0.39 is 0 Å². The summed E-state index contributed by atoms with van der Waals surface area (Å²) in [7, 11) is 0. The van der Waals surface area contributed by atoms with Gasteiger partial charge in [0.05, 0.1) is 17.6 Å². The fourth-order valence-electron chi connectivity index (χ4n) is 3.81. The monoisotopic (exact) mass is 264 g/mol. The lowest BCUT2D eigenvalue weighted by Gasteiger charge is -2.31. The normalized spacial score (nSPS) is 32.6. The van der Waals surface area contributed by atoms with E-state index in [2.05, 4.69) is 11.0 Å². The van der Waals surface area contributed by atoms with Crippen LogP contribution in [0.2, 0.25) is 0 Å². The quantitative estimate of drug-likeness (QED) is 0.830. The van der Waals surface area contributed by atoms with E-state index in [1.165, 1.54) is 32.2 Å². The highest BCUT2D eigenvalue weighted by Gasteiger charge is 2.37. The third kappa shape index (κ3) is 3.70. The Morgan fingerprint density at radius 1 is 1.26 bits per heavy atom. The van der Waals surface area contributed by atoms with E-state index in [0.29, 0.717) is 12.0 Å². The van der Waals surface area contributed by atoms with Crippen LogP contribution in [0, 0.1) is 22.7 Å². The Hall–Kier alpha value is -0.590. The SMILES string of the molecule is CC(C)(C#N)CCCN1CCCC1C1CCCC1O. The Morgan fingerprint density at radius 2 is 2.05 bits per heavy atom. The summed E-state index contributed by atoms with van der Waals surface area (Å²) in [5.41, 5.74) is -0.192. The summed E-state index contributed by atoms with van der Waals surface area (Å²) in [6.07, 6.45) is 7.92. The molecule has 1 saturated heterocycles. The van der Waals surface area contributed by atoms with Gasteiger partial charge in [-0.05, 0) is 65.5 Å². The van der Waals surface area contributed by atoms with Crippen LogP contribution in [-0.4, -0.2) is 35.2 Å². The number of nitriles is 1. The van der Waals surface area contributed by atoms with Crippen molar-refractivity contribution < 1.29 is 5.11 Å². The molecule has 0 radical (unpaired) electrons. The Balaban J connectivity index is 1.81. The largest absolute Gasteiger partial charge is 0.393 e. The third-order valence-electron chi connectivity index (χ3n) is 4.99. The van der Waals surface area contributed by atoms with Crippen LogP contribution in [0.3, 0.4) is 0 Å². The molecule has 0 aromatic carbocycles. The molecule has 3 atom stereocenters. The van der Waals surface area contributed by atoms with Crippen molar-refractivity contribution >= 4 is 0 Å². The number of aliphatic hydroxyl groups excluding tert-OH is 1. The second-order valence-corrected chi connectivity index (χ2v) is 7.01. The molecular formula is C16H28N2O. The van der Waals surface area contributed by atoms with Gasteiger partial charge in [-0.25, -0.2) is 0 Å². The number of hydrogen-bond donors (Lipinski definition) is 1. The zero-order valence-electron chi connectivity index (χ0n) is 12.4. The van der Waals surface area contributed by atoms with Crippen molar-refractivity contribution in [2.45, 2.75) is 70.9 Å². The van der Waals surface area contributed by atoms with E-state index >= 15 is 0 Å². The molecule has 1 N–H and O–H groups in total. The second-order valence-electron chi connectivity index (χ2n) is 7.01. The summed E-state index contributed by atoms with van der Waals surface area (Å²) >= 11 is 0. The minimum Gasteiger partial charge on any atom is -0.393 e. The minimum absolute atomic E-state index is 0.0684. The van der Waals surface area contributed by atoms with E-state index in [0.717, 1.165) is 25.8 Å². The molecule has 3 unspecified atom stereocenters. The number of hydrogen-bond acceptors (Lipinski definition) is 3. The summed E-state index contributed by atoms with van der Waals surface area (Å²) in [5.74, 6) is 0.506. The Kier molecular flexibility index (Phi) is 4.86. The highest BCUT2D eigenvalue weighted by molar-refractivity contribution is 4.93. The average molecular weight is 264 g/mol. The second kappa shape index (κ2) is 6.24. The van der Waals surface area contributed by atoms with Crippen LogP contribution in [0.4, 0.5) is 0 Å². The predicted molar refractivity (Wildman–Crippen MR) is 76.6 cm³/mol. The van der Waals surface area contributed by atoms with E-state index in [4.69, 9.17) is 5.26 Å². The van der Waals surface area contributed by atoms with Gasteiger partial charge < -0.3 is 10.0 Å². The van der Waals surface area contributed by atoms with Crippen molar-refractivity contribution in [3.63, 3.8) is 0 Å². The molecular weight excluding hydrogens is 236 g/mol. The lowest BCUT2D eigenvalue weighted by Crippen LogP contribution is -2.39. The molecule has 19 heavy (non-hydrogen) atoms. The maximum atomic E-state index is 10.1. The molecule has 0 aromatic heterocycles. The molecule has 108 valence electrons. The van der Waals surface area contributed by atoms with Gasteiger partial charge >= 0.3 is 0 Å². The molecule has 3 nitrogen and oxygen atoms in total. The zero-order valence-corrected chi connectivity index (χ0v) is 12.4. The van der Waals surface area contributed by atoms with Crippen molar-refractivity contribution in [1.29, 1.82) is 5.26 Å². The molecule has 2 fully saturated rings. The van der Waals surface area contributed by atoms with E-state index in [1.54, 1.807) is 0 Å². The van der Waals surface area contributed by atoms with E-state index in [9.17, 15) is 5.11 Å². The van der Waals surface area contributed by atoms with Gasteiger partial charge in [-0.1, -0.05) is 6.42 Å². The van der Waals surface area contributed by atoms with Gasteiger partial charge in [0.2, 0.25) is 0 Å². The molecule has 2 rings (SSSR count). The predicted octanol–water partition coefficient (Wildman–Crippen LogP) is 2.94. The van der Waals surface area contributed by atoms with Gasteiger partial charge in [-0.15, -0.1) is 0 Å². The number of nitrogens with zero attached hydrogens (tertiary/aromatic N) is 2. The van der Waals surface area contributed by atoms with Crippen molar-refractivity contribution in [1.82, 2.24) is 4.90 Å². The Bertz CT molecular complexity index is 334. The summed E-state index contributed by atoms with van der Waals surface area (Å²) < 4.78 is 0. The first kappa shape index (κ1) is 14.8. The van der Waals surface area contributed by atoms with E-state index in [1.807, 2.05) is 13.8 Å². The van der Waals surface area contributed by atoms with Gasteiger partial charge in [0.15, 0.2) is 0 Å². The van der Waals surface area contributed by atoms with Gasteiger partial charge in [-0.2, -0.15) is 5.26 Å². The standard InChI is InChI=1S/C16H28N2O/c1-16(2,12-17)9-5-11-18-10-4-7-14(18)13-6-3-8-15(13)19/h13-15,19H,3-11H2,1-2H3. The summed E-state index contributed by atoms with van der Waals surface area (Å²) in [4.78, 5) is 2.58.